The van der Waals surface area contributed by atoms with Gasteiger partial charge in [-0.1, -0.05) is 0 Å². The zero-order chi connectivity index (χ0) is 13.1. The van der Waals surface area contributed by atoms with E-state index in [2.05, 4.69) is 15.0 Å². The van der Waals surface area contributed by atoms with Crippen molar-refractivity contribution in [1.82, 2.24) is 15.0 Å². The number of amides is 1. The Morgan fingerprint density at radius 2 is 2.11 bits per heavy atom. The predicted octanol–water partition coefficient (Wildman–Crippen LogP) is 0.228. The smallest absolute Gasteiger partial charge is 0.267 e. The summed E-state index contributed by atoms with van der Waals surface area (Å²) in [4.78, 5) is 22.8. The lowest BCUT2D eigenvalue weighted by molar-refractivity contribution is 0.0995. The van der Waals surface area contributed by atoms with Gasteiger partial charge in [-0.3, -0.25) is 9.78 Å². The topological polar surface area (TPSA) is 117 Å². The van der Waals surface area contributed by atoms with E-state index in [9.17, 15) is 4.79 Å². The van der Waals surface area contributed by atoms with Gasteiger partial charge in [0.05, 0.1) is 12.8 Å². The number of hydrogen-bond acceptors (Lipinski definition) is 6. The van der Waals surface area contributed by atoms with E-state index in [1.165, 1.54) is 19.4 Å². The molecular formula is C11H11N5O2. The molecule has 0 spiro atoms. The molecule has 7 nitrogen and oxygen atoms in total. The fraction of sp³-hybridized carbons (Fsp3) is 0.0909. The first-order valence-corrected chi connectivity index (χ1v) is 5.05. The highest BCUT2D eigenvalue weighted by Gasteiger charge is 2.08. The molecule has 0 aliphatic carbocycles. The summed E-state index contributed by atoms with van der Waals surface area (Å²) >= 11 is 0. The molecule has 7 heteroatoms. The largest absolute Gasteiger partial charge is 0.481 e. The van der Waals surface area contributed by atoms with Crippen LogP contribution in [-0.4, -0.2) is 28.0 Å². The highest BCUT2D eigenvalue weighted by atomic mass is 16.5. The highest BCUT2D eigenvalue weighted by molar-refractivity contribution is 5.91. The molecule has 1 amide bonds. The molecule has 18 heavy (non-hydrogen) atoms. The standard InChI is InChI=1S/C11H11N5O2/c1-18-9-5-7(15-11(13)16-9)6-2-3-14-8(4-6)10(12)17/h2-5H,1H3,(H2,12,17)(H2,13,15,16). The second-order valence-electron chi connectivity index (χ2n) is 3.45. The Morgan fingerprint density at radius 3 is 2.78 bits per heavy atom. The van der Waals surface area contributed by atoms with Crippen molar-refractivity contribution in [2.45, 2.75) is 0 Å². The third kappa shape index (κ3) is 2.34. The quantitative estimate of drug-likeness (QED) is 0.799. The summed E-state index contributed by atoms with van der Waals surface area (Å²) in [5.41, 5.74) is 12.1. The molecule has 0 fully saturated rings. The number of methoxy groups -OCH3 is 1. The van der Waals surface area contributed by atoms with Crippen LogP contribution in [0.1, 0.15) is 10.5 Å². The number of rotatable bonds is 3. The minimum atomic E-state index is -0.606. The fourth-order valence-electron chi connectivity index (χ4n) is 1.42. The normalized spacial score (nSPS) is 10.1. The number of nitrogens with two attached hydrogens (primary N) is 2. The van der Waals surface area contributed by atoms with Crippen LogP contribution in [-0.2, 0) is 0 Å². The molecule has 0 aliphatic rings. The van der Waals surface area contributed by atoms with Crippen LogP contribution in [0.4, 0.5) is 5.95 Å². The van der Waals surface area contributed by atoms with Crippen molar-refractivity contribution in [3.63, 3.8) is 0 Å². The second kappa shape index (κ2) is 4.66. The molecule has 4 N–H and O–H groups in total. The molecule has 0 saturated heterocycles. The molecule has 0 bridgehead atoms. The third-order valence-electron chi connectivity index (χ3n) is 2.24. The summed E-state index contributed by atoms with van der Waals surface area (Å²) in [5.74, 6) is -0.178. The van der Waals surface area contributed by atoms with Gasteiger partial charge >= 0.3 is 0 Å². The zero-order valence-corrected chi connectivity index (χ0v) is 9.62. The first kappa shape index (κ1) is 11.8. The summed E-state index contributed by atoms with van der Waals surface area (Å²) < 4.78 is 5.00. The van der Waals surface area contributed by atoms with Gasteiger partial charge in [-0.25, -0.2) is 4.98 Å². The fourth-order valence-corrected chi connectivity index (χ4v) is 1.42. The zero-order valence-electron chi connectivity index (χ0n) is 9.62. The van der Waals surface area contributed by atoms with Crippen molar-refractivity contribution < 1.29 is 9.53 Å². The minimum Gasteiger partial charge on any atom is -0.481 e. The average Bonchev–Trinajstić information content (AvgIpc) is 2.38. The number of carbonyl (C=O) groups is 1. The number of hydrogen-bond donors (Lipinski definition) is 2. The number of nitrogens with zero attached hydrogens (tertiary/aromatic N) is 3. The number of carbonyl (C=O) groups excluding carboxylic acids is 1. The molecule has 0 unspecified atom stereocenters. The minimum absolute atomic E-state index is 0.0850. The number of nitrogen functional groups attached to an aromatic ring is 1. The van der Waals surface area contributed by atoms with E-state index in [4.69, 9.17) is 16.2 Å². The van der Waals surface area contributed by atoms with Crippen LogP contribution in [0.5, 0.6) is 5.88 Å². The molecular weight excluding hydrogens is 234 g/mol. The molecule has 0 aliphatic heterocycles. The van der Waals surface area contributed by atoms with Gasteiger partial charge in [0, 0.05) is 17.8 Å². The van der Waals surface area contributed by atoms with Gasteiger partial charge in [-0.15, -0.1) is 0 Å². The molecule has 92 valence electrons. The number of primary amides is 1. The molecule has 2 aromatic heterocycles. The van der Waals surface area contributed by atoms with Crippen molar-refractivity contribution >= 4 is 11.9 Å². The van der Waals surface area contributed by atoms with Crippen LogP contribution in [0, 0.1) is 0 Å². The van der Waals surface area contributed by atoms with Gasteiger partial charge < -0.3 is 16.2 Å². The first-order valence-electron chi connectivity index (χ1n) is 5.05. The van der Waals surface area contributed by atoms with Crippen molar-refractivity contribution in [3.8, 4) is 17.1 Å². The second-order valence-corrected chi connectivity index (χ2v) is 3.45. The molecule has 2 rings (SSSR count). The van der Waals surface area contributed by atoms with Gasteiger partial charge in [0.1, 0.15) is 5.69 Å². The predicted molar refractivity (Wildman–Crippen MR) is 64.7 cm³/mol. The number of aromatic nitrogens is 3. The van der Waals surface area contributed by atoms with Crippen molar-refractivity contribution in [1.29, 1.82) is 0 Å². The van der Waals surface area contributed by atoms with E-state index in [0.717, 1.165) is 0 Å². The maximum absolute atomic E-state index is 11.1. The lowest BCUT2D eigenvalue weighted by Crippen LogP contribution is -2.12. The van der Waals surface area contributed by atoms with Crippen molar-refractivity contribution in [3.05, 3.63) is 30.1 Å². The van der Waals surface area contributed by atoms with Crippen LogP contribution in [0.25, 0.3) is 11.3 Å². The maximum Gasteiger partial charge on any atom is 0.267 e. The molecule has 0 radical (unpaired) electrons. The van der Waals surface area contributed by atoms with E-state index >= 15 is 0 Å². The number of ether oxygens (including phenoxy) is 1. The van der Waals surface area contributed by atoms with E-state index in [0.29, 0.717) is 17.1 Å². The number of anilines is 1. The van der Waals surface area contributed by atoms with Gasteiger partial charge in [0.2, 0.25) is 11.8 Å². The van der Waals surface area contributed by atoms with E-state index in [1.807, 2.05) is 0 Å². The molecule has 0 saturated carbocycles. The Labute approximate surface area is 103 Å². The molecule has 2 heterocycles. The van der Waals surface area contributed by atoms with E-state index in [1.54, 1.807) is 12.1 Å². The average molecular weight is 245 g/mol. The van der Waals surface area contributed by atoms with Crippen LogP contribution < -0.4 is 16.2 Å². The van der Waals surface area contributed by atoms with Gasteiger partial charge in [0.15, 0.2) is 0 Å². The van der Waals surface area contributed by atoms with Crippen LogP contribution in [0.2, 0.25) is 0 Å². The summed E-state index contributed by atoms with van der Waals surface area (Å²) in [5, 5.41) is 0. The summed E-state index contributed by atoms with van der Waals surface area (Å²) in [6.07, 6.45) is 1.47. The van der Waals surface area contributed by atoms with Crippen LogP contribution >= 0.6 is 0 Å². The summed E-state index contributed by atoms with van der Waals surface area (Å²) in [6.45, 7) is 0. The summed E-state index contributed by atoms with van der Waals surface area (Å²) in [6, 6.07) is 4.83. The van der Waals surface area contributed by atoms with Gasteiger partial charge in [0.25, 0.3) is 5.91 Å². The lowest BCUT2D eigenvalue weighted by atomic mass is 10.1. The molecule has 2 aromatic rings. The highest BCUT2D eigenvalue weighted by Crippen LogP contribution is 2.21. The Bertz CT molecular complexity index is 600. The molecule has 0 atom stereocenters. The Hall–Kier alpha value is -2.70. The van der Waals surface area contributed by atoms with Crippen molar-refractivity contribution in [2.75, 3.05) is 12.8 Å². The third-order valence-corrected chi connectivity index (χ3v) is 2.24. The van der Waals surface area contributed by atoms with Crippen LogP contribution in [0.15, 0.2) is 24.4 Å². The monoisotopic (exact) mass is 245 g/mol. The first-order chi connectivity index (χ1) is 8.60. The van der Waals surface area contributed by atoms with Gasteiger partial charge in [-0.2, -0.15) is 4.98 Å². The van der Waals surface area contributed by atoms with E-state index < -0.39 is 5.91 Å². The maximum atomic E-state index is 11.1. The molecule has 0 aromatic carbocycles. The Balaban J connectivity index is 2.51. The Kier molecular flexibility index (Phi) is 3.05. The van der Waals surface area contributed by atoms with Gasteiger partial charge in [-0.05, 0) is 12.1 Å². The lowest BCUT2D eigenvalue weighted by Gasteiger charge is -2.05. The number of pyridine rings is 1. The van der Waals surface area contributed by atoms with E-state index in [-0.39, 0.29) is 11.6 Å². The SMILES string of the molecule is COc1cc(-c2ccnc(C(N)=O)c2)nc(N)n1. The van der Waals surface area contributed by atoms with Crippen molar-refractivity contribution in [2.24, 2.45) is 5.73 Å². The van der Waals surface area contributed by atoms with Crippen LogP contribution in [0.3, 0.4) is 0 Å². The summed E-state index contributed by atoms with van der Waals surface area (Å²) in [7, 11) is 1.48. The Morgan fingerprint density at radius 1 is 1.33 bits per heavy atom.